The van der Waals surface area contributed by atoms with E-state index in [1.807, 2.05) is 43.0 Å². The number of carbonyl (C=O) groups is 1. The number of benzene rings is 1. The lowest BCUT2D eigenvalue weighted by Gasteiger charge is -2.22. The topological polar surface area (TPSA) is 63.8 Å². The highest BCUT2D eigenvalue weighted by atomic mass is 32.2. The molecule has 0 radical (unpaired) electrons. The number of amides is 1. The number of aliphatic imine (C=N–C) groups is 1. The number of ether oxygens (including phenoxy) is 1. The van der Waals surface area contributed by atoms with E-state index in [2.05, 4.69) is 12.2 Å². The summed E-state index contributed by atoms with van der Waals surface area (Å²) < 4.78 is 11.1. The van der Waals surface area contributed by atoms with Crippen molar-refractivity contribution in [3.05, 3.63) is 52.5 Å². The van der Waals surface area contributed by atoms with Crippen molar-refractivity contribution in [2.24, 2.45) is 4.99 Å². The molecule has 0 bridgehead atoms. The van der Waals surface area contributed by atoms with Crippen LogP contribution in [-0.4, -0.2) is 23.3 Å². The van der Waals surface area contributed by atoms with Gasteiger partial charge in [-0.1, -0.05) is 12.1 Å². The average molecular weight is 370 g/mol. The zero-order valence-electron chi connectivity index (χ0n) is 15.2. The quantitative estimate of drug-likeness (QED) is 0.882. The second-order valence-corrected chi connectivity index (χ2v) is 8.14. The molecule has 2 aliphatic rings. The third kappa shape index (κ3) is 3.03. The number of aryl methyl sites for hydroxylation is 1. The van der Waals surface area contributed by atoms with Crippen LogP contribution in [0.5, 0.6) is 5.75 Å². The second kappa shape index (κ2) is 6.83. The summed E-state index contributed by atoms with van der Waals surface area (Å²) in [5.41, 5.74) is 3.07. The first-order chi connectivity index (χ1) is 12.6. The highest BCUT2D eigenvalue weighted by molar-refractivity contribution is 8.14. The first kappa shape index (κ1) is 17.2. The lowest BCUT2D eigenvalue weighted by Crippen LogP contribution is -2.23. The first-order valence-electron chi connectivity index (χ1n) is 8.81. The lowest BCUT2D eigenvalue weighted by atomic mass is 9.90. The standard InChI is InChI=1S/C20H22N2O3S/c1-11-17-15(8-9-16-18(17)22-12(2)26-16)25-19(11)20(23)21-10-13-4-6-14(24-3)7-5-13/h4-7,16,18H,8-10H2,1-3H3,(H,21,23)/t16-,18-/m0/s1. The SMILES string of the molecule is COc1ccc(CNC(=O)c2oc3c(c2C)[C@H]2N=C(C)S[C@H]2CC3)cc1. The molecular formula is C20H22N2O3S. The normalized spacial score (nSPS) is 21.0. The van der Waals surface area contributed by atoms with Crippen LogP contribution in [0.4, 0.5) is 0 Å². The van der Waals surface area contributed by atoms with E-state index in [9.17, 15) is 4.79 Å². The fourth-order valence-corrected chi connectivity index (χ4v) is 4.89. The Morgan fingerprint density at radius 1 is 1.35 bits per heavy atom. The molecule has 2 heterocycles. The molecule has 0 saturated heterocycles. The van der Waals surface area contributed by atoms with Gasteiger partial charge in [0.1, 0.15) is 11.5 Å². The molecule has 2 aromatic rings. The van der Waals surface area contributed by atoms with E-state index in [0.717, 1.165) is 46.1 Å². The molecule has 1 aliphatic carbocycles. The highest BCUT2D eigenvalue weighted by Crippen LogP contribution is 2.47. The largest absolute Gasteiger partial charge is 0.497 e. The Labute approximate surface area is 157 Å². The molecule has 5 nitrogen and oxygen atoms in total. The summed E-state index contributed by atoms with van der Waals surface area (Å²) in [6.45, 7) is 4.48. The summed E-state index contributed by atoms with van der Waals surface area (Å²) in [6.07, 6.45) is 1.92. The number of hydrogen-bond acceptors (Lipinski definition) is 5. The number of nitrogens with one attached hydrogen (secondary N) is 1. The molecule has 0 saturated carbocycles. The summed E-state index contributed by atoms with van der Waals surface area (Å²) in [6, 6.07) is 7.79. The van der Waals surface area contributed by atoms with Crippen molar-refractivity contribution in [3.8, 4) is 5.75 Å². The lowest BCUT2D eigenvalue weighted by molar-refractivity contribution is 0.0920. The summed E-state index contributed by atoms with van der Waals surface area (Å²) >= 11 is 1.85. The molecular weight excluding hydrogens is 348 g/mol. The maximum atomic E-state index is 12.7. The zero-order valence-corrected chi connectivity index (χ0v) is 16.0. The van der Waals surface area contributed by atoms with Gasteiger partial charge in [0.25, 0.3) is 5.91 Å². The van der Waals surface area contributed by atoms with Crippen molar-refractivity contribution < 1.29 is 13.9 Å². The van der Waals surface area contributed by atoms with Crippen LogP contribution in [0.2, 0.25) is 0 Å². The predicted octanol–water partition coefficient (Wildman–Crippen LogP) is 4.05. The van der Waals surface area contributed by atoms with E-state index in [1.165, 1.54) is 0 Å². The van der Waals surface area contributed by atoms with Gasteiger partial charge in [-0.2, -0.15) is 0 Å². The van der Waals surface area contributed by atoms with Crippen LogP contribution in [0.25, 0.3) is 0 Å². The van der Waals surface area contributed by atoms with E-state index in [-0.39, 0.29) is 11.9 Å². The molecule has 1 aromatic heterocycles. The molecule has 26 heavy (non-hydrogen) atoms. The Balaban J connectivity index is 1.51. The van der Waals surface area contributed by atoms with Crippen molar-refractivity contribution >= 4 is 22.7 Å². The molecule has 136 valence electrons. The van der Waals surface area contributed by atoms with Gasteiger partial charge >= 0.3 is 0 Å². The van der Waals surface area contributed by atoms with Crippen LogP contribution in [0.3, 0.4) is 0 Å². The monoisotopic (exact) mass is 370 g/mol. The van der Waals surface area contributed by atoms with Crippen LogP contribution in [-0.2, 0) is 13.0 Å². The van der Waals surface area contributed by atoms with E-state index in [1.54, 1.807) is 7.11 Å². The minimum atomic E-state index is -0.171. The van der Waals surface area contributed by atoms with E-state index in [0.29, 0.717) is 17.6 Å². The summed E-state index contributed by atoms with van der Waals surface area (Å²) in [5, 5.41) is 4.56. The summed E-state index contributed by atoms with van der Waals surface area (Å²) in [5.74, 6) is 1.98. The van der Waals surface area contributed by atoms with Gasteiger partial charge in [-0.15, -0.1) is 11.8 Å². The van der Waals surface area contributed by atoms with Gasteiger partial charge < -0.3 is 14.5 Å². The van der Waals surface area contributed by atoms with Gasteiger partial charge in [-0.25, -0.2) is 0 Å². The van der Waals surface area contributed by atoms with Crippen LogP contribution >= 0.6 is 11.8 Å². The molecule has 0 fully saturated rings. The fourth-order valence-electron chi connectivity index (χ4n) is 3.71. The van der Waals surface area contributed by atoms with Gasteiger partial charge in [0.05, 0.1) is 18.2 Å². The number of nitrogens with zero attached hydrogens (tertiary/aromatic N) is 1. The fraction of sp³-hybridized carbons (Fsp3) is 0.400. The van der Waals surface area contributed by atoms with Crippen molar-refractivity contribution in [2.45, 2.75) is 44.5 Å². The number of carbonyl (C=O) groups excluding carboxylic acids is 1. The summed E-state index contributed by atoms with van der Waals surface area (Å²) in [4.78, 5) is 17.4. The van der Waals surface area contributed by atoms with Crippen LogP contribution < -0.4 is 10.1 Å². The van der Waals surface area contributed by atoms with Gasteiger partial charge in [0.2, 0.25) is 0 Å². The molecule has 2 atom stereocenters. The number of rotatable bonds is 4. The van der Waals surface area contributed by atoms with Gasteiger partial charge in [0.15, 0.2) is 5.76 Å². The summed E-state index contributed by atoms with van der Waals surface area (Å²) in [7, 11) is 1.64. The number of methoxy groups -OCH3 is 1. The Morgan fingerprint density at radius 3 is 2.85 bits per heavy atom. The molecule has 1 N–H and O–H groups in total. The molecule has 1 aromatic carbocycles. The van der Waals surface area contributed by atoms with Crippen LogP contribution in [0.15, 0.2) is 33.7 Å². The van der Waals surface area contributed by atoms with Gasteiger partial charge in [-0.3, -0.25) is 9.79 Å². The number of thioether (sulfide) groups is 1. The average Bonchev–Trinajstić information content (AvgIpc) is 3.19. The molecule has 0 unspecified atom stereocenters. The number of fused-ring (bicyclic) bond motifs is 3. The van der Waals surface area contributed by atoms with Gasteiger partial charge in [-0.05, 0) is 38.0 Å². The maximum absolute atomic E-state index is 12.7. The number of furan rings is 1. The zero-order chi connectivity index (χ0) is 18.3. The van der Waals surface area contributed by atoms with E-state index >= 15 is 0 Å². The predicted molar refractivity (Wildman–Crippen MR) is 103 cm³/mol. The van der Waals surface area contributed by atoms with Crippen LogP contribution in [0, 0.1) is 6.92 Å². The Morgan fingerprint density at radius 2 is 2.12 bits per heavy atom. The van der Waals surface area contributed by atoms with Crippen molar-refractivity contribution in [1.29, 1.82) is 0 Å². The van der Waals surface area contributed by atoms with Gasteiger partial charge in [0, 0.05) is 29.3 Å². The van der Waals surface area contributed by atoms with Crippen molar-refractivity contribution in [2.75, 3.05) is 7.11 Å². The first-order valence-corrected chi connectivity index (χ1v) is 9.69. The maximum Gasteiger partial charge on any atom is 0.287 e. The Kier molecular flexibility index (Phi) is 4.53. The minimum absolute atomic E-state index is 0.135. The van der Waals surface area contributed by atoms with Crippen molar-refractivity contribution in [3.63, 3.8) is 0 Å². The van der Waals surface area contributed by atoms with E-state index < -0.39 is 0 Å². The van der Waals surface area contributed by atoms with Crippen LogP contribution in [0.1, 0.15) is 52.4 Å². The van der Waals surface area contributed by atoms with E-state index in [4.69, 9.17) is 14.1 Å². The smallest absolute Gasteiger partial charge is 0.287 e. The second-order valence-electron chi connectivity index (χ2n) is 6.71. The molecule has 6 heteroatoms. The molecule has 1 amide bonds. The Bertz CT molecular complexity index is 870. The number of hydrogen-bond donors (Lipinski definition) is 1. The minimum Gasteiger partial charge on any atom is -0.497 e. The van der Waals surface area contributed by atoms with Crippen molar-refractivity contribution in [1.82, 2.24) is 5.32 Å². The molecule has 4 rings (SSSR count). The Hall–Kier alpha value is -2.21. The third-order valence-electron chi connectivity index (χ3n) is 5.04. The molecule has 1 aliphatic heterocycles. The molecule has 0 spiro atoms. The highest BCUT2D eigenvalue weighted by Gasteiger charge is 2.39. The third-order valence-corrected chi connectivity index (χ3v) is 6.28.